The molecule has 1 amide bonds. The first-order valence-corrected chi connectivity index (χ1v) is 8.58. The smallest absolute Gasteiger partial charge is 0.251 e. The monoisotopic (exact) mass is 336 g/mol. The van der Waals surface area contributed by atoms with E-state index in [-0.39, 0.29) is 17.9 Å². The fourth-order valence-corrected chi connectivity index (χ4v) is 3.65. The molecule has 2 N–H and O–H groups in total. The Hall–Kier alpha value is -2.66. The zero-order chi connectivity index (χ0) is 17.2. The van der Waals surface area contributed by atoms with Crippen molar-refractivity contribution in [3.8, 4) is 0 Å². The summed E-state index contributed by atoms with van der Waals surface area (Å²) in [6, 6.07) is 12.6. The fraction of sp³-hybridized carbons (Fsp3) is 0.300. The van der Waals surface area contributed by atoms with Gasteiger partial charge in [-0.25, -0.2) is 0 Å². The van der Waals surface area contributed by atoms with Crippen molar-refractivity contribution in [2.45, 2.75) is 37.3 Å². The Morgan fingerprint density at radius 2 is 2.00 bits per heavy atom. The summed E-state index contributed by atoms with van der Waals surface area (Å²) in [5.74, 6) is 0.0272. The van der Waals surface area contributed by atoms with Crippen molar-refractivity contribution in [1.29, 1.82) is 0 Å². The van der Waals surface area contributed by atoms with E-state index in [1.807, 2.05) is 30.3 Å². The number of aliphatic hydroxyl groups is 1. The zero-order valence-electron chi connectivity index (χ0n) is 13.8. The van der Waals surface area contributed by atoms with Gasteiger partial charge in [-0.2, -0.15) is 0 Å². The standard InChI is InChI=1S/C20H20N2O3/c23-17-12-14(19-15-9-11-25-18(15)8-10-21-19)6-7-16(17)22-20(24)13-4-2-1-3-5-13/h1-5,8-11,14,16-17,23H,6-7,12H2,(H,22,24). The molecule has 2 aromatic heterocycles. The Morgan fingerprint density at radius 3 is 2.80 bits per heavy atom. The van der Waals surface area contributed by atoms with E-state index in [4.69, 9.17) is 4.42 Å². The Bertz CT molecular complexity index is 875. The third-order valence-electron chi connectivity index (χ3n) is 4.97. The van der Waals surface area contributed by atoms with Crippen LogP contribution in [0.2, 0.25) is 0 Å². The van der Waals surface area contributed by atoms with Gasteiger partial charge in [0.1, 0.15) is 5.58 Å². The molecule has 1 aliphatic carbocycles. The predicted molar refractivity (Wildman–Crippen MR) is 94.3 cm³/mol. The number of carbonyl (C=O) groups is 1. The van der Waals surface area contributed by atoms with Crippen molar-refractivity contribution in [2.24, 2.45) is 0 Å². The number of amides is 1. The topological polar surface area (TPSA) is 75.4 Å². The molecule has 1 fully saturated rings. The van der Waals surface area contributed by atoms with Crippen LogP contribution in [0.15, 0.2) is 59.3 Å². The number of fused-ring (bicyclic) bond motifs is 1. The molecule has 0 aliphatic heterocycles. The number of aromatic nitrogens is 1. The molecule has 0 spiro atoms. The number of rotatable bonds is 3. The molecule has 5 heteroatoms. The lowest BCUT2D eigenvalue weighted by molar-refractivity contribution is 0.0667. The minimum atomic E-state index is -0.588. The highest BCUT2D eigenvalue weighted by Crippen LogP contribution is 2.35. The third-order valence-corrected chi connectivity index (χ3v) is 4.97. The first-order valence-electron chi connectivity index (χ1n) is 8.58. The Labute approximate surface area is 145 Å². The van der Waals surface area contributed by atoms with E-state index in [0.29, 0.717) is 12.0 Å². The van der Waals surface area contributed by atoms with Crippen LogP contribution in [-0.2, 0) is 0 Å². The molecule has 3 atom stereocenters. The summed E-state index contributed by atoms with van der Waals surface area (Å²) in [5, 5.41) is 14.5. The van der Waals surface area contributed by atoms with Gasteiger partial charge in [0.15, 0.2) is 0 Å². The van der Waals surface area contributed by atoms with E-state index in [2.05, 4.69) is 10.3 Å². The Balaban J connectivity index is 1.46. The Morgan fingerprint density at radius 1 is 1.16 bits per heavy atom. The maximum atomic E-state index is 12.3. The van der Waals surface area contributed by atoms with Crippen LogP contribution in [0.4, 0.5) is 0 Å². The van der Waals surface area contributed by atoms with Crippen LogP contribution in [0.25, 0.3) is 11.0 Å². The van der Waals surface area contributed by atoms with E-state index in [1.54, 1.807) is 24.6 Å². The van der Waals surface area contributed by atoms with Crippen LogP contribution >= 0.6 is 0 Å². The molecule has 128 valence electrons. The largest absolute Gasteiger partial charge is 0.464 e. The van der Waals surface area contributed by atoms with Gasteiger partial charge in [-0.1, -0.05) is 18.2 Å². The number of benzene rings is 1. The number of hydrogen-bond acceptors (Lipinski definition) is 4. The summed E-state index contributed by atoms with van der Waals surface area (Å²) in [4.78, 5) is 16.8. The maximum Gasteiger partial charge on any atom is 0.251 e. The van der Waals surface area contributed by atoms with Crippen LogP contribution in [0.3, 0.4) is 0 Å². The summed E-state index contributed by atoms with van der Waals surface area (Å²) in [6.07, 6.45) is 5.00. The number of nitrogens with zero attached hydrogens (tertiary/aromatic N) is 1. The average molecular weight is 336 g/mol. The fourth-order valence-electron chi connectivity index (χ4n) is 3.65. The van der Waals surface area contributed by atoms with Gasteiger partial charge in [-0.3, -0.25) is 9.78 Å². The molecule has 5 nitrogen and oxygen atoms in total. The van der Waals surface area contributed by atoms with Gasteiger partial charge in [0.25, 0.3) is 5.91 Å². The highest BCUT2D eigenvalue weighted by atomic mass is 16.3. The van der Waals surface area contributed by atoms with Crippen molar-refractivity contribution < 1.29 is 14.3 Å². The quantitative estimate of drug-likeness (QED) is 0.770. The van der Waals surface area contributed by atoms with E-state index >= 15 is 0 Å². The molecule has 2 heterocycles. The maximum absolute atomic E-state index is 12.3. The number of pyridine rings is 1. The second-order valence-electron chi connectivity index (χ2n) is 6.55. The van der Waals surface area contributed by atoms with E-state index in [0.717, 1.165) is 29.5 Å². The van der Waals surface area contributed by atoms with Gasteiger partial charge in [0, 0.05) is 23.1 Å². The molecule has 1 saturated carbocycles. The highest BCUT2D eigenvalue weighted by Gasteiger charge is 2.32. The summed E-state index contributed by atoms with van der Waals surface area (Å²) in [7, 11) is 0. The van der Waals surface area contributed by atoms with Gasteiger partial charge in [0.2, 0.25) is 0 Å². The molecule has 0 bridgehead atoms. The summed E-state index contributed by atoms with van der Waals surface area (Å²) < 4.78 is 5.44. The Kier molecular flexibility index (Phi) is 4.24. The van der Waals surface area contributed by atoms with Crippen molar-refractivity contribution in [2.75, 3.05) is 0 Å². The molecule has 0 saturated heterocycles. The number of nitrogens with one attached hydrogen (secondary N) is 1. The van der Waals surface area contributed by atoms with Crippen molar-refractivity contribution >= 4 is 16.9 Å². The van der Waals surface area contributed by atoms with Gasteiger partial charge in [-0.05, 0) is 43.5 Å². The van der Waals surface area contributed by atoms with Crippen LogP contribution in [0.1, 0.15) is 41.2 Å². The highest BCUT2D eigenvalue weighted by molar-refractivity contribution is 5.94. The zero-order valence-corrected chi connectivity index (χ0v) is 13.8. The molecule has 0 radical (unpaired) electrons. The molecule has 3 aromatic rings. The number of furan rings is 1. The van der Waals surface area contributed by atoms with Crippen molar-refractivity contribution in [3.63, 3.8) is 0 Å². The number of carbonyl (C=O) groups excluding carboxylic acids is 1. The van der Waals surface area contributed by atoms with E-state index < -0.39 is 6.10 Å². The van der Waals surface area contributed by atoms with Crippen LogP contribution in [-0.4, -0.2) is 28.1 Å². The SMILES string of the molecule is O=C(NC1CCC(c2nccc3occc23)CC1O)c1ccccc1. The third kappa shape index (κ3) is 3.15. The number of hydrogen-bond donors (Lipinski definition) is 2. The van der Waals surface area contributed by atoms with Crippen LogP contribution in [0.5, 0.6) is 0 Å². The van der Waals surface area contributed by atoms with Crippen LogP contribution < -0.4 is 5.32 Å². The number of aliphatic hydroxyl groups excluding tert-OH is 1. The first-order chi connectivity index (χ1) is 12.2. The molecular weight excluding hydrogens is 316 g/mol. The molecule has 1 aromatic carbocycles. The van der Waals surface area contributed by atoms with Crippen molar-refractivity contribution in [3.05, 3.63) is 66.2 Å². The average Bonchev–Trinajstić information content (AvgIpc) is 3.13. The molecule has 4 rings (SSSR count). The molecular formula is C20H20N2O3. The normalized spacial score (nSPS) is 23.5. The second kappa shape index (κ2) is 6.69. The first kappa shape index (κ1) is 15.8. The van der Waals surface area contributed by atoms with Gasteiger partial charge >= 0.3 is 0 Å². The second-order valence-corrected chi connectivity index (χ2v) is 6.55. The van der Waals surface area contributed by atoms with Gasteiger partial charge in [0.05, 0.1) is 24.1 Å². The minimum absolute atomic E-state index is 0.141. The minimum Gasteiger partial charge on any atom is -0.464 e. The summed E-state index contributed by atoms with van der Waals surface area (Å²) >= 11 is 0. The van der Waals surface area contributed by atoms with E-state index in [9.17, 15) is 9.90 Å². The lowest BCUT2D eigenvalue weighted by Gasteiger charge is -2.33. The lowest BCUT2D eigenvalue weighted by Crippen LogP contribution is -2.46. The molecule has 25 heavy (non-hydrogen) atoms. The summed E-state index contributed by atoms with van der Waals surface area (Å²) in [5.41, 5.74) is 2.40. The molecule has 3 unspecified atom stereocenters. The van der Waals surface area contributed by atoms with Gasteiger partial charge in [-0.15, -0.1) is 0 Å². The van der Waals surface area contributed by atoms with Crippen molar-refractivity contribution in [1.82, 2.24) is 10.3 Å². The predicted octanol–water partition coefficient (Wildman–Crippen LogP) is 3.25. The summed E-state index contributed by atoms with van der Waals surface area (Å²) in [6.45, 7) is 0. The lowest BCUT2D eigenvalue weighted by atomic mass is 9.81. The van der Waals surface area contributed by atoms with Gasteiger partial charge < -0.3 is 14.8 Å². The van der Waals surface area contributed by atoms with Crippen LogP contribution in [0, 0.1) is 0 Å². The molecule has 1 aliphatic rings. The van der Waals surface area contributed by atoms with E-state index in [1.165, 1.54) is 0 Å².